The van der Waals surface area contributed by atoms with Gasteiger partial charge in [-0.25, -0.2) is 4.79 Å². The van der Waals surface area contributed by atoms with Gasteiger partial charge in [-0.2, -0.15) is 0 Å². The summed E-state index contributed by atoms with van der Waals surface area (Å²) in [6, 6.07) is 9.11. The highest BCUT2D eigenvalue weighted by atomic mass is 16.5. The Morgan fingerprint density at radius 1 is 1.31 bits per heavy atom. The highest BCUT2D eigenvalue weighted by molar-refractivity contribution is 5.89. The first kappa shape index (κ1) is 8.30. The second-order valence-electron chi connectivity index (χ2n) is 3.41. The summed E-state index contributed by atoms with van der Waals surface area (Å²) in [4.78, 5) is 11.4. The molecule has 0 amide bonds. The fraction of sp³-hybridized carbons (Fsp3) is 0.364. The number of carbonyl (C=O) groups is 1. The van der Waals surface area contributed by atoms with Crippen molar-refractivity contribution < 1.29 is 9.53 Å². The first-order valence-electron chi connectivity index (χ1n) is 4.58. The van der Waals surface area contributed by atoms with Gasteiger partial charge in [0.25, 0.3) is 0 Å². The number of ether oxygens (including phenoxy) is 1. The van der Waals surface area contributed by atoms with Crippen molar-refractivity contribution in [2.45, 2.75) is 12.8 Å². The van der Waals surface area contributed by atoms with Gasteiger partial charge in [0.15, 0.2) is 0 Å². The van der Waals surface area contributed by atoms with Gasteiger partial charge in [0, 0.05) is 0 Å². The molecule has 2 heteroatoms. The van der Waals surface area contributed by atoms with E-state index in [0.717, 1.165) is 0 Å². The van der Waals surface area contributed by atoms with Crippen LogP contribution in [0.2, 0.25) is 0 Å². The van der Waals surface area contributed by atoms with Crippen LogP contribution in [0, 0.1) is 5.92 Å². The minimum atomic E-state index is -0.201. The summed E-state index contributed by atoms with van der Waals surface area (Å²) in [6.07, 6.45) is 2.42. The Morgan fingerprint density at radius 3 is 2.62 bits per heavy atom. The third-order valence-electron chi connectivity index (χ3n) is 2.16. The molecular formula is C11H12O2. The van der Waals surface area contributed by atoms with Gasteiger partial charge in [-0.15, -0.1) is 0 Å². The van der Waals surface area contributed by atoms with E-state index in [4.69, 9.17) is 4.74 Å². The number of carbonyl (C=O) groups excluding carboxylic acids is 1. The van der Waals surface area contributed by atoms with Crippen LogP contribution in [0.1, 0.15) is 23.2 Å². The van der Waals surface area contributed by atoms with Gasteiger partial charge in [-0.3, -0.25) is 0 Å². The average Bonchev–Trinajstić information content (AvgIpc) is 2.99. The van der Waals surface area contributed by atoms with Crippen molar-refractivity contribution in [3.8, 4) is 0 Å². The third-order valence-corrected chi connectivity index (χ3v) is 2.16. The Kier molecular flexibility index (Phi) is 2.30. The van der Waals surface area contributed by atoms with Gasteiger partial charge >= 0.3 is 5.97 Å². The van der Waals surface area contributed by atoms with Crippen molar-refractivity contribution in [3.63, 3.8) is 0 Å². The van der Waals surface area contributed by atoms with E-state index in [9.17, 15) is 4.79 Å². The Balaban J connectivity index is 1.89. The monoisotopic (exact) mass is 176 g/mol. The normalized spacial score (nSPS) is 15.4. The molecule has 1 aromatic carbocycles. The van der Waals surface area contributed by atoms with Crippen molar-refractivity contribution in [2.75, 3.05) is 6.61 Å². The highest BCUT2D eigenvalue weighted by Crippen LogP contribution is 2.29. The SMILES string of the molecule is O=C(OCC1CC1)c1ccccc1. The van der Waals surface area contributed by atoms with Crippen LogP contribution in [-0.4, -0.2) is 12.6 Å². The first-order chi connectivity index (χ1) is 6.36. The van der Waals surface area contributed by atoms with Gasteiger partial charge in [-0.1, -0.05) is 18.2 Å². The van der Waals surface area contributed by atoms with Crippen LogP contribution in [0.3, 0.4) is 0 Å². The molecule has 1 aliphatic carbocycles. The van der Waals surface area contributed by atoms with Crippen LogP contribution in [0.5, 0.6) is 0 Å². The predicted molar refractivity (Wildman–Crippen MR) is 49.4 cm³/mol. The number of hydrogen-bond donors (Lipinski definition) is 0. The van der Waals surface area contributed by atoms with Crippen molar-refractivity contribution in [1.29, 1.82) is 0 Å². The highest BCUT2D eigenvalue weighted by Gasteiger charge is 2.23. The molecule has 13 heavy (non-hydrogen) atoms. The lowest BCUT2D eigenvalue weighted by molar-refractivity contribution is 0.0486. The lowest BCUT2D eigenvalue weighted by Gasteiger charge is -2.02. The van der Waals surface area contributed by atoms with E-state index in [1.165, 1.54) is 12.8 Å². The Morgan fingerprint density at radius 2 is 2.00 bits per heavy atom. The van der Waals surface area contributed by atoms with Crippen LogP contribution in [0.25, 0.3) is 0 Å². The summed E-state index contributed by atoms with van der Waals surface area (Å²) in [5.41, 5.74) is 0.642. The van der Waals surface area contributed by atoms with E-state index >= 15 is 0 Å². The zero-order chi connectivity index (χ0) is 9.10. The van der Waals surface area contributed by atoms with Crippen LogP contribution < -0.4 is 0 Å². The van der Waals surface area contributed by atoms with Crippen molar-refractivity contribution in [2.24, 2.45) is 5.92 Å². The van der Waals surface area contributed by atoms with Crippen LogP contribution in [-0.2, 0) is 4.74 Å². The van der Waals surface area contributed by atoms with Crippen LogP contribution in [0.4, 0.5) is 0 Å². The fourth-order valence-corrected chi connectivity index (χ4v) is 1.14. The third kappa shape index (κ3) is 2.31. The van der Waals surface area contributed by atoms with E-state index in [1.807, 2.05) is 18.2 Å². The molecule has 0 atom stereocenters. The molecule has 2 rings (SSSR count). The zero-order valence-electron chi connectivity index (χ0n) is 7.40. The van der Waals surface area contributed by atoms with Crippen LogP contribution >= 0.6 is 0 Å². The van der Waals surface area contributed by atoms with E-state index in [1.54, 1.807) is 12.1 Å². The smallest absolute Gasteiger partial charge is 0.338 e. The summed E-state index contributed by atoms with van der Waals surface area (Å²) in [7, 11) is 0. The molecule has 0 unspecified atom stereocenters. The fourth-order valence-electron chi connectivity index (χ4n) is 1.14. The van der Waals surface area contributed by atoms with E-state index in [0.29, 0.717) is 18.1 Å². The maximum absolute atomic E-state index is 11.4. The van der Waals surface area contributed by atoms with Gasteiger partial charge in [-0.05, 0) is 30.9 Å². The molecule has 1 aromatic rings. The maximum Gasteiger partial charge on any atom is 0.338 e. The molecule has 1 saturated carbocycles. The molecule has 0 N–H and O–H groups in total. The van der Waals surface area contributed by atoms with E-state index < -0.39 is 0 Å². The molecule has 1 aliphatic rings. The van der Waals surface area contributed by atoms with Gasteiger partial charge in [0.2, 0.25) is 0 Å². The Hall–Kier alpha value is -1.31. The zero-order valence-corrected chi connectivity index (χ0v) is 7.40. The molecule has 0 radical (unpaired) electrons. The minimum absolute atomic E-state index is 0.201. The molecule has 1 fully saturated rings. The lowest BCUT2D eigenvalue weighted by Crippen LogP contribution is -2.06. The standard InChI is InChI=1S/C11H12O2/c12-11(13-8-9-6-7-9)10-4-2-1-3-5-10/h1-5,9H,6-8H2. The summed E-state index contributed by atoms with van der Waals surface area (Å²) in [6.45, 7) is 0.591. The molecule has 2 nitrogen and oxygen atoms in total. The topological polar surface area (TPSA) is 26.3 Å². The quantitative estimate of drug-likeness (QED) is 0.660. The van der Waals surface area contributed by atoms with E-state index in [2.05, 4.69) is 0 Å². The number of hydrogen-bond acceptors (Lipinski definition) is 2. The lowest BCUT2D eigenvalue weighted by atomic mass is 10.2. The predicted octanol–water partition coefficient (Wildman–Crippen LogP) is 2.25. The Labute approximate surface area is 77.5 Å². The van der Waals surface area contributed by atoms with Gasteiger partial charge in [0.1, 0.15) is 0 Å². The van der Waals surface area contributed by atoms with Crippen molar-refractivity contribution in [3.05, 3.63) is 35.9 Å². The number of benzene rings is 1. The summed E-state index contributed by atoms with van der Waals surface area (Å²) >= 11 is 0. The molecule has 0 bridgehead atoms. The molecule has 0 aromatic heterocycles. The van der Waals surface area contributed by atoms with Crippen molar-refractivity contribution in [1.82, 2.24) is 0 Å². The summed E-state index contributed by atoms with van der Waals surface area (Å²) in [5, 5.41) is 0. The van der Waals surface area contributed by atoms with Crippen molar-refractivity contribution >= 4 is 5.97 Å². The molecule has 0 heterocycles. The second kappa shape index (κ2) is 3.60. The Bertz CT molecular complexity index is 288. The second-order valence-corrected chi connectivity index (χ2v) is 3.41. The molecule has 0 aliphatic heterocycles. The summed E-state index contributed by atoms with van der Waals surface area (Å²) in [5.74, 6) is 0.431. The molecular weight excluding hydrogens is 164 g/mol. The number of rotatable bonds is 3. The number of esters is 1. The molecule has 0 spiro atoms. The average molecular weight is 176 g/mol. The minimum Gasteiger partial charge on any atom is -0.462 e. The first-order valence-corrected chi connectivity index (χ1v) is 4.58. The maximum atomic E-state index is 11.4. The summed E-state index contributed by atoms with van der Waals surface area (Å²) < 4.78 is 5.11. The van der Waals surface area contributed by atoms with E-state index in [-0.39, 0.29) is 5.97 Å². The van der Waals surface area contributed by atoms with Crippen LogP contribution in [0.15, 0.2) is 30.3 Å². The van der Waals surface area contributed by atoms with Gasteiger partial charge in [0.05, 0.1) is 12.2 Å². The molecule has 68 valence electrons. The molecule has 0 saturated heterocycles. The largest absolute Gasteiger partial charge is 0.462 e. The van der Waals surface area contributed by atoms with Gasteiger partial charge < -0.3 is 4.74 Å².